The Bertz CT molecular complexity index is 625. The lowest BCUT2D eigenvalue weighted by molar-refractivity contribution is -0.114. The van der Waals surface area contributed by atoms with E-state index in [4.69, 9.17) is 4.74 Å². The Morgan fingerprint density at radius 2 is 2.05 bits per heavy atom. The molecule has 2 rings (SSSR count). The van der Waals surface area contributed by atoms with Gasteiger partial charge in [-0.15, -0.1) is 11.3 Å². The summed E-state index contributed by atoms with van der Waals surface area (Å²) in [5.41, 5.74) is 0.804. The second-order valence-electron chi connectivity index (χ2n) is 3.91. The first kappa shape index (κ1) is 14.1. The fraction of sp³-hybridized carbons (Fsp3) is 0.154. The summed E-state index contributed by atoms with van der Waals surface area (Å²) in [5.74, 6) is -1.19. The summed E-state index contributed by atoms with van der Waals surface area (Å²) >= 11 is 1.24. The molecule has 0 saturated heterocycles. The smallest absolute Gasteiger partial charge is 0.338 e. The van der Waals surface area contributed by atoms with E-state index in [0.29, 0.717) is 10.8 Å². The molecular weight excluding hydrogens is 283 g/mol. The number of amides is 1. The highest BCUT2D eigenvalue weighted by Gasteiger charge is 2.09. The van der Waals surface area contributed by atoms with Crippen LogP contribution in [-0.2, 0) is 16.1 Å². The summed E-state index contributed by atoms with van der Waals surface area (Å²) in [5, 5.41) is 4.67. The van der Waals surface area contributed by atoms with E-state index in [-0.39, 0.29) is 18.1 Å². The molecule has 0 unspecified atom stereocenters. The van der Waals surface area contributed by atoms with Gasteiger partial charge < -0.3 is 10.1 Å². The molecule has 0 bridgehead atoms. The zero-order valence-corrected chi connectivity index (χ0v) is 11.4. The molecule has 1 aromatic carbocycles. The van der Waals surface area contributed by atoms with E-state index in [2.05, 4.69) is 10.3 Å². The number of carbonyl (C=O) groups is 2. The van der Waals surface area contributed by atoms with Crippen molar-refractivity contribution in [2.45, 2.75) is 13.5 Å². The highest BCUT2D eigenvalue weighted by molar-refractivity contribution is 7.13. The molecule has 0 fully saturated rings. The van der Waals surface area contributed by atoms with Gasteiger partial charge in [0.15, 0.2) is 5.13 Å². The number of hydrogen-bond acceptors (Lipinski definition) is 5. The summed E-state index contributed by atoms with van der Waals surface area (Å²) < 4.78 is 17.8. The van der Waals surface area contributed by atoms with Crippen molar-refractivity contribution in [1.82, 2.24) is 4.98 Å². The van der Waals surface area contributed by atoms with Gasteiger partial charge in [0.05, 0.1) is 11.3 Å². The van der Waals surface area contributed by atoms with Crippen LogP contribution < -0.4 is 5.32 Å². The molecule has 1 heterocycles. The van der Waals surface area contributed by atoms with E-state index >= 15 is 0 Å². The van der Waals surface area contributed by atoms with E-state index in [1.807, 2.05) is 0 Å². The van der Waals surface area contributed by atoms with Crippen molar-refractivity contribution in [2.24, 2.45) is 0 Å². The van der Waals surface area contributed by atoms with Gasteiger partial charge in [0.25, 0.3) is 0 Å². The predicted octanol–water partition coefficient (Wildman–Crippen LogP) is 2.60. The van der Waals surface area contributed by atoms with E-state index in [1.54, 1.807) is 5.38 Å². The Balaban J connectivity index is 1.91. The summed E-state index contributed by atoms with van der Waals surface area (Å²) in [6.45, 7) is 1.38. The highest BCUT2D eigenvalue weighted by atomic mass is 32.1. The monoisotopic (exact) mass is 294 g/mol. The first-order valence-corrected chi connectivity index (χ1v) is 6.57. The number of halogens is 1. The van der Waals surface area contributed by atoms with Gasteiger partial charge in [-0.05, 0) is 24.3 Å². The van der Waals surface area contributed by atoms with Gasteiger partial charge in [-0.1, -0.05) is 0 Å². The number of aromatic nitrogens is 1. The maximum Gasteiger partial charge on any atom is 0.338 e. The lowest BCUT2D eigenvalue weighted by Gasteiger charge is -2.02. The molecular formula is C13H11FN2O3S. The van der Waals surface area contributed by atoms with Crippen LogP contribution in [0.5, 0.6) is 0 Å². The minimum absolute atomic E-state index is 0.00764. The highest BCUT2D eigenvalue weighted by Crippen LogP contribution is 2.16. The molecule has 0 aliphatic heterocycles. The van der Waals surface area contributed by atoms with Gasteiger partial charge in [-0.3, -0.25) is 4.79 Å². The van der Waals surface area contributed by atoms with Crippen LogP contribution >= 0.6 is 11.3 Å². The summed E-state index contributed by atoms with van der Waals surface area (Å²) in [6.07, 6.45) is 0. The summed E-state index contributed by atoms with van der Waals surface area (Å²) in [4.78, 5) is 26.6. The van der Waals surface area contributed by atoms with Gasteiger partial charge in [0.1, 0.15) is 12.4 Å². The number of nitrogens with zero attached hydrogens (tertiary/aromatic N) is 1. The molecule has 0 spiro atoms. The van der Waals surface area contributed by atoms with Crippen molar-refractivity contribution >= 4 is 28.3 Å². The van der Waals surface area contributed by atoms with Crippen LogP contribution in [0.3, 0.4) is 0 Å². The minimum atomic E-state index is -0.556. The SMILES string of the molecule is CC(=O)Nc1nc(COC(=O)c2ccc(F)cc2)cs1. The fourth-order valence-corrected chi connectivity index (χ4v) is 2.13. The topological polar surface area (TPSA) is 68.3 Å². The molecule has 0 aliphatic rings. The lowest BCUT2D eigenvalue weighted by atomic mass is 10.2. The number of hydrogen-bond donors (Lipinski definition) is 1. The van der Waals surface area contributed by atoms with E-state index in [1.165, 1.54) is 42.5 Å². The average molecular weight is 294 g/mol. The Hall–Kier alpha value is -2.28. The van der Waals surface area contributed by atoms with Crippen LogP contribution in [0.4, 0.5) is 9.52 Å². The second kappa shape index (κ2) is 6.25. The van der Waals surface area contributed by atoms with Crippen LogP contribution in [0.15, 0.2) is 29.6 Å². The molecule has 7 heteroatoms. The molecule has 2 aromatic rings. The number of esters is 1. The maximum atomic E-state index is 12.7. The molecule has 0 atom stereocenters. The Morgan fingerprint density at radius 1 is 1.35 bits per heavy atom. The summed E-state index contributed by atoms with van der Waals surface area (Å²) in [6, 6.07) is 5.07. The number of benzene rings is 1. The molecule has 0 saturated carbocycles. The Labute approximate surface area is 118 Å². The van der Waals surface area contributed by atoms with Gasteiger partial charge in [0, 0.05) is 12.3 Å². The standard InChI is InChI=1S/C13H11FN2O3S/c1-8(17)15-13-16-11(7-20-13)6-19-12(18)9-2-4-10(14)5-3-9/h2-5,7H,6H2,1H3,(H,15,16,17). The summed E-state index contributed by atoms with van der Waals surface area (Å²) in [7, 11) is 0. The number of carbonyl (C=O) groups excluding carboxylic acids is 2. The first-order valence-electron chi connectivity index (χ1n) is 5.69. The van der Waals surface area contributed by atoms with Gasteiger partial charge in [-0.25, -0.2) is 14.2 Å². The molecule has 0 aliphatic carbocycles. The van der Waals surface area contributed by atoms with Crippen LogP contribution in [0, 0.1) is 5.82 Å². The van der Waals surface area contributed by atoms with Crippen LogP contribution in [-0.4, -0.2) is 16.9 Å². The fourth-order valence-electron chi connectivity index (χ4n) is 1.39. The Kier molecular flexibility index (Phi) is 4.41. The molecule has 5 nitrogen and oxygen atoms in total. The molecule has 1 N–H and O–H groups in total. The molecule has 1 aromatic heterocycles. The molecule has 20 heavy (non-hydrogen) atoms. The first-order chi connectivity index (χ1) is 9.54. The number of nitrogens with one attached hydrogen (secondary N) is 1. The van der Waals surface area contributed by atoms with E-state index < -0.39 is 11.8 Å². The van der Waals surface area contributed by atoms with Crippen molar-refractivity contribution in [3.63, 3.8) is 0 Å². The number of anilines is 1. The molecule has 104 valence electrons. The van der Waals surface area contributed by atoms with E-state index in [9.17, 15) is 14.0 Å². The third-order valence-electron chi connectivity index (χ3n) is 2.27. The lowest BCUT2D eigenvalue weighted by Crippen LogP contribution is -2.07. The van der Waals surface area contributed by atoms with Crippen LogP contribution in [0.1, 0.15) is 23.0 Å². The van der Waals surface area contributed by atoms with Crippen LogP contribution in [0.2, 0.25) is 0 Å². The van der Waals surface area contributed by atoms with Crippen molar-refractivity contribution in [3.05, 3.63) is 46.7 Å². The van der Waals surface area contributed by atoms with E-state index in [0.717, 1.165) is 0 Å². The van der Waals surface area contributed by atoms with Gasteiger partial charge in [0.2, 0.25) is 5.91 Å². The van der Waals surface area contributed by atoms with Gasteiger partial charge in [-0.2, -0.15) is 0 Å². The van der Waals surface area contributed by atoms with Crippen molar-refractivity contribution in [1.29, 1.82) is 0 Å². The quantitative estimate of drug-likeness (QED) is 0.880. The largest absolute Gasteiger partial charge is 0.456 e. The molecule has 1 amide bonds. The maximum absolute atomic E-state index is 12.7. The van der Waals surface area contributed by atoms with Crippen molar-refractivity contribution < 1.29 is 18.7 Å². The van der Waals surface area contributed by atoms with Crippen LogP contribution in [0.25, 0.3) is 0 Å². The predicted molar refractivity (Wildman–Crippen MR) is 71.9 cm³/mol. The number of ether oxygens (including phenoxy) is 1. The third kappa shape index (κ3) is 3.86. The minimum Gasteiger partial charge on any atom is -0.456 e. The zero-order valence-electron chi connectivity index (χ0n) is 10.6. The van der Waals surface area contributed by atoms with Crippen molar-refractivity contribution in [2.75, 3.05) is 5.32 Å². The van der Waals surface area contributed by atoms with Gasteiger partial charge >= 0.3 is 5.97 Å². The molecule has 0 radical (unpaired) electrons. The van der Waals surface area contributed by atoms with Crippen molar-refractivity contribution in [3.8, 4) is 0 Å². The normalized spacial score (nSPS) is 10.1. The number of rotatable bonds is 4. The third-order valence-corrected chi connectivity index (χ3v) is 3.07. The second-order valence-corrected chi connectivity index (χ2v) is 4.77. The Morgan fingerprint density at radius 3 is 2.70 bits per heavy atom. The average Bonchev–Trinajstić information content (AvgIpc) is 2.83. The zero-order chi connectivity index (χ0) is 14.5. The number of thiazole rings is 1.